The molecule has 0 unspecified atom stereocenters. The van der Waals surface area contributed by atoms with Crippen molar-refractivity contribution in [2.24, 2.45) is 0 Å². The molecule has 1 fully saturated rings. The molecule has 1 aliphatic heterocycles. The molecule has 144 valence electrons. The number of carbonyl (C=O) groups excluding carboxylic acids is 2. The molecule has 0 atom stereocenters. The Hall–Kier alpha value is -1.55. The third-order valence-electron chi connectivity index (χ3n) is 3.84. The highest BCUT2D eigenvalue weighted by Crippen LogP contribution is 2.12. The Balaban J connectivity index is 1.63. The standard InChI is InChI=1S/C18H27IN4O3/c1-18(2,3)26-17(25)23-12-10-22(11-13-23)9-8-20-16(24)21-15-6-4-14(19)5-7-15/h4-7H,8-13H2,1-3H3,(H2,20,21,24). The van der Waals surface area contributed by atoms with Crippen LogP contribution in [0.3, 0.4) is 0 Å². The van der Waals surface area contributed by atoms with Crippen molar-refractivity contribution < 1.29 is 14.3 Å². The van der Waals surface area contributed by atoms with E-state index in [1.165, 1.54) is 0 Å². The van der Waals surface area contributed by atoms with Gasteiger partial charge in [-0.3, -0.25) is 4.90 Å². The summed E-state index contributed by atoms with van der Waals surface area (Å²) >= 11 is 2.22. The van der Waals surface area contributed by atoms with E-state index in [1.807, 2.05) is 45.0 Å². The molecule has 2 N–H and O–H groups in total. The number of nitrogens with zero attached hydrogens (tertiary/aromatic N) is 2. The van der Waals surface area contributed by atoms with E-state index in [0.717, 1.165) is 28.9 Å². The minimum Gasteiger partial charge on any atom is -0.444 e. The molecule has 0 saturated carbocycles. The van der Waals surface area contributed by atoms with Gasteiger partial charge in [0.05, 0.1) is 0 Å². The Kier molecular flexibility index (Phi) is 7.51. The van der Waals surface area contributed by atoms with Gasteiger partial charge in [0, 0.05) is 48.5 Å². The fraction of sp³-hybridized carbons (Fsp3) is 0.556. The van der Waals surface area contributed by atoms with Gasteiger partial charge in [-0.25, -0.2) is 9.59 Å². The number of urea groups is 1. The maximum Gasteiger partial charge on any atom is 0.410 e. The summed E-state index contributed by atoms with van der Waals surface area (Å²) in [6.07, 6.45) is -0.257. The SMILES string of the molecule is CC(C)(C)OC(=O)N1CCN(CCNC(=O)Nc2ccc(I)cc2)CC1. The molecule has 1 heterocycles. The van der Waals surface area contributed by atoms with Gasteiger partial charge in [0.25, 0.3) is 0 Å². The van der Waals surface area contributed by atoms with Crippen molar-refractivity contribution in [2.45, 2.75) is 26.4 Å². The molecule has 0 aliphatic carbocycles. The minimum atomic E-state index is -0.470. The second-order valence-corrected chi connectivity index (χ2v) is 8.44. The Morgan fingerprint density at radius 2 is 1.73 bits per heavy atom. The normalized spacial score (nSPS) is 15.5. The highest BCUT2D eigenvalue weighted by atomic mass is 127. The van der Waals surface area contributed by atoms with E-state index in [0.29, 0.717) is 19.6 Å². The number of benzene rings is 1. The van der Waals surface area contributed by atoms with E-state index in [9.17, 15) is 9.59 Å². The van der Waals surface area contributed by atoms with E-state index in [2.05, 4.69) is 38.1 Å². The Morgan fingerprint density at radius 1 is 1.12 bits per heavy atom. The molecule has 1 aromatic carbocycles. The number of amides is 3. The highest BCUT2D eigenvalue weighted by Gasteiger charge is 2.25. The van der Waals surface area contributed by atoms with Crippen LogP contribution >= 0.6 is 22.6 Å². The summed E-state index contributed by atoms with van der Waals surface area (Å²) in [5.41, 5.74) is 0.302. The monoisotopic (exact) mass is 474 g/mol. The van der Waals surface area contributed by atoms with Crippen LogP contribution in [0.2, 0.25) is 0 Å². The molecular weight excluding hydrogens is 447 g/mol. The summed E-state index contributed by atoms with van der Waals surface area (Å²) in [7, 11) is 0. The lowest BCUT2D eigenvalue weighted by atomic mass is 10.2. The van der Waals surface area contributed by atoms with Crippen LogP contribution in [0.4, 0.5) is 15.3 Å². The number of carbonyl (C=O) groups is 2. The summed E-state index contributed by atoms with van der Waals surface area (Å²) < 4.78 is 6.52. The summed E-state index contributed by atoms with van der Waals surface area (Å²) in [5.74, 6) is 0. The smallest absolute Gasteiger partial charge is 0.410 e. The lowest BCUT2D eigenvalue weighted by Gasteiger charge is -2.35. The average molecular weight is 474 g/mol. The van der Waals surface area contributed by atoms with Crippen molar-refractivity contribution >= 4 is 40.4 Å². The van der Waals surface area contributed by atoms with Gasteiger partial charge in [0.1, 0.15) is 5.60 Å². The van der Waals surface area contributed by atoms with Gasteiger partial charge in [0.2, 0.25) is 0 Å². The molecule has 8 heteroatoms. The Morgan fingerprint density at radius 3 is 2.31 bits per heavy atom. The fourth-order valence-corrected chi connectivity index (χ4v) is 2.88. The van der Waals surface area contributed by atoms with E-state index in [4.69, 9.17) is 4.74 Å². The van der Waals surface area contributed by atoms with E-state index < -0.39 is 5.60 Å². The van der Waals surface area contributed by atoms with Crippen molar-refractivity contribution in [3.05, 3.63) is 27.8 Å². The van der Waals surface area contributed by atoms with E-state index in [1.54, 1.807) is 4.90 Å². The van der Waals surface area contributed by atoms with Gasteiger partial charge >= 0.3 is 12.1 Å². The van der Waals surface area contributed by atoms with Gasteiger partial charge < -0.3 is 20.3 Å². The van der Waals surface area contributed by atoms with Crippen LogP contribution in [-0.4, -0.2) is 66.8 Å². The second-order valence-electron chi connectivity index (χ2n) is 7.20. The van der Waals surface area contributed by atoms with Crippen molar-refractivity contribution in [2.75, 3.05) is 44.6 Å². The summed E-state index contributed by atoms with van der Waals surface area (Å²) in [4.78, 5) is 27.9. The summed E-state index contributed by atoms with van der Waals surface area (Å²) in [6.45, 7) is 9.76. The molecule has 1 aliphatic rings. The van der Waals surface area contributed by atoms with Crippen LogP contribution in [0.15, 0.2) is 24.3 Å². The van der Waals surface area contributed by atoms with Crippen molar-refractivity contribution in [1.82, 2.24) is 15.1 Å². The topological polar surface area (TPSA) is 73.9 Å². The van der Waals surface area contributed by atoms with Crippen LogP contribution in [0, 0.1) is 3.57 Å². The Labute approximate surface area is 168 Å². The summed E-state index contributed by atoms with van der Waals surface area (Å²) in [6, 6.07) is 7.42. The first-order chi connectivity index (χ1) is 12.2. The number of piperazine rings is 1. The minimum absolute atomic E-state index is 0.210. The van der Waals surface area contributed by atoms with Gasteiger partial charge in [-0.15, -0.1) is 0 Å². The molecular formula is C18H27IN4O3. The quantitative estimate of drug-likeness (QED) is 0.659. The van der Waals surface area contributed by atoms with E-state index >= 15 is 0 Å². The predicted molar refractivity (Wildman–Crippen MR) is 110 cm³/mol. The molecule has 26 heavy (non-hydrogen) atoms. The average Bonchev–Trinajstić information content (AvgIpc) is 2.56. The van der Waals surface area contributed by atoms with Crippen LogP contribution < -0.4 is 10.6 Å². The van der Waals surface area contributed by atoms with Crippen LogP contribution in [0.25, 0.3) is 0 Å². The third kappa shape index (κ3) is 7.36. The van der Waals surface area contributed by atoms with Gasteiger partial charge in [-0.1, -0.05) is 0 Å². The number of hydrogen-bond acceptors (Lipinski definition) is 4. The zero-order valence-electron chi connectivity index (χ0n) is 15.5. The highest BCUT2D eigenvalue weighted by molar-refractivity contribution is 14.1. The van der Waals surface area contributed by atoms with Crippen LogP contribution in [0.1, 0.15) is 20.8 Å². The first-order valence-corrected chi connectivity index (χ1v) is 9.81. The number of hydrogen-bond donors (Lipinski definition) is 2. The van der Waals surface area contributed by atoms with Crippen molar-refractivity contribution in [1.29, 1.82) is 0 Å². The molecule has 7 nitrogen and oxygen atoms in total. The third-order valence-corrected chi connectivity index (χ3v) is 4.56. The Bertz CT molecular complexity index is 608. The lowest BCUT2D eigenvalue weighted by Crippen LogP contribution is -2.51. The maximum atomic E-state index is 12.0. The molecule has 3 amide bonds. The fourth-order valence-electron chi connectivity index (χ4n) is 2.52. The predicted octanol–water partition coefficient (Wildman–Crippen LogP) is 2.97. The number of anilines is 1. The number of ether oxygens (including phenoxy) is 1. The number of rotatable bonds is 4. The van der Waals surface area contributed by atoms with Gasteiger partial charge in [0.15, 0.2) is 0 Å². The lowest BCUT2D eigenvalue weighted by molar-refractivity contribution is 0.0147. The van der Waals surface area contributed by atoms with E-state index in [-0.39, 0.29) is 12.1 Å². The molecule has 0 bridgehead atoms. The summed E-state index contributed by atoms with van der Waals surface area (Å²) in [5, 5.41) is 5.67. The van der Waals surface area contributed by atoms with Crippen LogP contribution in [0.5, 0.6) is 0 Å². The first-order valence-electron chi connectivity index (χ1n) is 8.74. The second kappa shape index (κ2) is 9.40. The van der Waals surface area contributed by atoms with Crippen LogP contribution in [-0.2, 0) is 4.74 Å². The first kappa shape index (κ1) is 20.8. The van der Waals surface area contributed by atoms with Gasteiger partial charge in [-0.05, 0) is 67.6 Å². The maximum absolute atomic E-state index is 12.0. The largest absolute Gasteiger partial charge is 0.444 e. The molecule has 0 spiro atoms. The van der Waals surface area contributed by atoms with Gasteiger partial charge in [-0.2, -0.15) is 0 Å². The number of halogens is 1. The molecule has 2 rings (SSSR count). The number of nitrogens with one attached hydrogen (secondary N) is 2. The zero-order valence-corrected chi connectivity index (χ0v) is 17.7. The zero-order chi connectivity index (χ0) is 19.2. The molecule has 1 aromatic rings. The molecule has 1 saturated heterocycles. The van der Waals surface area contributed by atoms with Crippen molar-refractivity contribution in [3.8, 4) is 0 Å². The van der Waals surface area contributed by atoms with Crippen molar-refractivity contribution in [3.63, 3.8) is 0 Å². The molecule has 0 radical (unpaired) electrons. The molecule has 0 aromatic heterocycles.